The van der Waals surface area contributed by atoms with E-state index in [0.29, 0.717) is 12.3 Å². The van der Waals surface area contributed by atoms with Gasteiger partial charge in [0.15, 0.2) is 10.9 Å². The Hall–Kier alpha value is -2.54. The number of furan rings is 1. The SMILES string of the molecule is O=C(CSc1nnc(N2CCCC2)n1Cc1ccco1)c1ccc2c(c1)CCCC2. The van der Waals surface area contributed by atoms with Crippen LogP contribution in [0.25, 0.3) is 0 Å². The number of benzene rings is 1. The van der Waals surface area contributed by atoms with Crippen molar-refractivity contribution in [2.24, 2.45) is 0 Å². The number of fused-ring (bicyclic) bond motifs is 1. The molecule has 2 aromatic heterocycles. The molecule has 0 unspecified atom stereocenters. The maximum absolute atomic E-state index is 12.9. The van der Waals surface area contributed by atoms with Gasteiger partial charge in [-0.05, 0) is 67.9 Å². The van der Waals surface area contributed by atoms with Gasteiger partial charge in [-0.2, -0.15) is 0 Å². The molecule has 1 aliphatic carbocycles. The van der Waals surface area contributed by atoms with Crippen molar-refractivity contribution in [2.45, 2.75) is 50.2 Å². The Balaban J connectivity index is 1.33. The van der Waals surface area contributed by atoms with Crippen LogP contribution in [0.3, 0.4) is 0 Å². The van der Waals surface area contributed by atoms with E-state index in [-0.39, 0.29) is 5.78 Å². The molecule has 30 heavy (non-hydrogen) atoms. The van der Waals surface area contributed by atoms with E-state index in [1.807, 2.05) is 18.2 Å². The number of nitrogens with zero attached hydrogens (tertiary/aromatic N) is 4. The monoisotopic (exact) mass is 422 g/mol. The number of carbonyl (C=O) groups excluding carboxylic acids is 1. The summed E-state index contributed by atoms with van der Waals surface area (Å²) in [6.07, 6.45) is 8.71. The van der Waals surface area contributed by atoms with E-state index in [2.05, 4.69) is 31.8 Å². The van der Waals surface area contributed by atoms with Crippen LogP contribution < -0.4 is 4.90 Å². The van der Waals surface area contributed by atoms with Crippen molar-refractivity contribution in [3.05, 3.63) is 59.0 Å². The van der Waals surface area contributed by atoms with Gasteiger partial charge >= 0.3 is 0 Å². The summed E-state index contributed by atoms with van der Waals surface area (Å²) in [5.74, 6) is 2.23. The normalized spacial score (nSPS) is 16.1. The first kappa shape index (κ1) is 19.4. The van der Waals surface area contributed by atoms with Crippen LogP contribution in [0.2, 0.25) is 0 Å². The number of thioether (sulfide) groups is 1. The van der Waals surface area contributed by atoms with Gasteiger partial charge in [0.1, 0.15) is 5.76 Å². The van der Waals surface area contributed by atoms with Crippen LogP contribution >= 0.6 is 11.8 Å². The van der Waals surface area contributed by atoms with E-state index in [0.717, 1.165) is 48.4 Å². The maximum atomic E-state index is 12.9. The highest BCUT2D eigenvalue weighted by atomic mass is 32.2. The zero-order chi connectivity index (χ0) is 20.3. The molecular weight excluding hydrogens is 396 g/mol. The topological polar surface area (TPSA) is 64.2 Å². The first-order valence-corrected chi connectivity index (χ1v) is 11.7. The summed E-state index contributed by atoms with van der Waals surface area (Å²) in [6.45, 7) is 2.56. The van der Waals surface area contributed by atoms with Crippen molar-refractivity contribution >= 4 is 23.5 Å². The molecule has 0 atom stereocenters. The van der Waals surface area contributed by atoms with Crippen LogP contribution in [0.15, 0.2) is 46.2 Å². The molecule has 0 spiro atoms. The lowest BCUT2D eigenvalue weighted by atomic mass is 9.90. The second kappa shape index (κ2) is 8.68. The first-order valence-electron chi connectivity index (χ1n) is 10.8. The Morgan fingerprint density at radius 1 is 1.03 bits per heavy atom. The lowest BCUT2D eigenvalue weighted by Crippen LogP contribution is -2.22. The number of hydrogen-bond acceptors (Lipinski definition) is 6. The van der Waals surface area contributed by atoms with Gasteiger partial charge in [0.2, 0.25) is 5.95 Å². The Kier molecular flexibility index (Phi) is 5.62. The molecule has 6 nitrogen and oxygen atoms in total. The number of rotatable bonds is 7. The summed E-state index contributed by atoms with van der Waals surface area (Å²) in [4.78, 5) is 15.2. The van der Waals surface area contributed by atoms with Crippen LogP contribution in [0, 0.1) is 0 Å². The third-order valence-corrected chi connectivity index (χ3v) is 6.95. The molecule has 7 heteroatoms. The third-order valence-electron chi connectivity index (χ3n) is 5.98. The van der Waals surface area contributed by atoms with Gasteiger partial charge in [-0.1, -0.05) is 23.9 Å². The van der Waals surface area contributed by atoms with Crippen LogP contribution in [0.4, 0.5) is 5.95 Å². The number of carbonyl (C=O) groups is 1. The quantitative estimate of drug-likeness (QED) is 0.416. The minimum atomic E-state index is 0.142. The van der Waals surface area contributed by atoms with E-state index in [1.54, 1.807) is 6.26 Å². The average Bonchev–Trinajstić information content (AvgIpc) is 3.54. The molecule has 1 aliphatic heterocycles. The van der Waals surface area contributed by atoms with E-state index in [4.69, 9.17) is 4.42 Å². The summed E-state index contributed by atoms with van der Waals surface area (Å²) < 4.78 is 7.63. The molecule has 3 aromatic rings. The fourth-order valence-corrected chi connectivity index (χ4v) is 5.18. The number of Topliss-reactive ketones (excluding diaryl/α,β-unsaturated/α-hetero) is 1. The Bertz CT molecular complexity index is 1020. The smallest absolute Gasteiger partial charge is 0.228 e. The average molecular weight is 423 g/mol. The standard InChI is InChI=1S/C23H26N4O2S/c28-21(19-10-9-17-6-1-2-7-18(17)14-19)16-30-23-25-24-22(26-11-3-4-12-26)27(23)15-20-8-5-13-29-20/h5,8-10,13-14H,1-4,6-7,11-12,15-16H2. The van der Waals surface area contributed by atoms with E-state index >= 15 is 0 Å². The first-order chi connectivity index (χ1) is 14.8. The Labute approximate surface area is 180 Å². The maximum Gasteiger partial charge on any atom is 0.228 e. The zero-order valence-electron chi connectivity index (χ0n) is 17.0. The van der Waals surface area contributed by atoms with Crippen LogP contribution in [-0.2, 0) is 19.4 Å². The zero-order valence-corrected chi connectivity index (χ0v) is 17.9. The molecule has 0 bridgehead atoms. The summed E-state index contributed by atoms with van der Waals surface area (Å²) >= 11 is 1.46. The fourth-order valence-electron chi connectivity index (χ4n) is 4.36. The Morgan fingerprint density at radius 2 is 1.87 bits per heavy atom. The van der Waals surface area contributed by atoms with Crippen LogP contribution in [-0.4, -0.2) is 39.4 Å². The van der Waals surface area contributed by atoms with Gasteiger partial charge in [0, 0.05) is 18.7 Å². The van der Waals surface area contributed by atoms with Gasteiger partial charge < -0.3 is 9.32 Å². The largest absolute Gasteiger partial charge is 0.467 e. The predicted octanol–water partition coefficient (Wildman–Crippen LogP) is 4.37. The second-order valence-corrected chi connectivity index (χ2v) is 8.99. The number of ketones is 1. The third kappa shape index (κ3) is 4.03. The lowest BCUT2D eigenvalue weighted by Gasteiger charge is -2.18. The van der Waals surface area contributed by atoms with Crippen molar-refractivity contribution in [3.8, 4) is 0 Å². The van der Waals surface area contributed by atoms with Crippen molar-refractivity contribution in [1.82, 2.24) is 14.8 Å². The molecule has 2 aliphatic rings. The molecule has 0 amide bonds. The summed E-state index contributed by atoms with van der Waals surface area (Å²) in [6, 6.07) is 10.1. The predicted molar refractivity (Wildman–Crippen MR) is 117 cm³/mol. The highest BCUT2D eigenvalue weighted by Gasteiger charge is 2.23. The molecule has 0 N–H and O–H groups in total. The molecule has 1 aromatic carbocycles. The van der Waals surface area contributed by atoms with Gasteiger partial charge in [-0.25, -0.2) is 0 Å². The highest BCUT2D eigenvalue weighted by Crippen LogP contribution is 2.27. The number of hydrogen-bond donors (Lipinski definition) is 0. The number of anilines is 1. The van der Waals surface area contributed by atoms with Gasteiger partial charge in [0.05, 0.1) is 18.6 Å². The van der Waals surface area contributed by atoms with E-state index in [9.17, 15) is 4.79 Å². The van der Waals surface area contributed by atoms with Crippen molar-refractivity contribution in [3.63, 3.8) is 0 Å². The van der Waals surface area contributed by atoms with E-state index in [1.165, 1.54) is 48.6 Å². The minimum Gasteiger partial charge on any atom is -0.467 e. The molecule has 0 saturated carbocycles. The Morgan fingerprint density at radius 3 is 2.67 bits per heavy atom. The molecule has 5 rings (SSSR count). The van der Waals surface area contributed by atoms with Crippen LogP contribution in [0.1, 0.15) is 52.9 Å². The summed E-state index contributed by atoms with van der Waals surface area (Å²) in [5, 5.41) is 9.63. The van der Waals surface area contributed by atoms with Crippen molar-refractivity contribution in [1.29, 1.82) is 0 Å². The lowest BCUT2D eigenvalue weighted by molar-refractivity contribution is 0.102. The molecule has 1 fully saturated rings. The van der Waals surface area contributed by atoms with Gasteiger partial charge in [0.25, 0.3) is 0 Å². The number of aryl methyl sites for hydroxylation is 2. The fraction of sp³-hybridized carbons (Fsp3) is 0.435. The van der Waals surface area contributed by atoms with Crippen molar-refractivity contribution in [2.75, 3.05) is 23.7 Å². The molecular formula is C23H26N4O2S. The number of aromatic nitrogens is 3. The summed E-state index contributed by atoms with van der Waals surface area (Å²) in [5.41, 5.74) is 3.55. The van der Waals surface area contributed by atoms with E-state index < -0.39 is 0 Å². The summed E-state index contributed by atoms with van der Waals surface area (Å²) in [7, 11) is 0. The van der Waals surface area contributed by atoms with Crippen LogP contribution in [0.5, 0.6) is 0 Å². The molecule has 0 radical (unpaired) electrons. The highest BCUT2D eigenvalue weighted by molar-refractivity contribution is 7.99. The molecule has 3 heterocycles. The van der Waals surface area contributed by atoms with Gasteiger partial charge in [-0.3, -0.25) is 9.36 Å². The minimum absolute atomic E-state index is 0.142. The molecule has 156 valence electrons. The van der Waals surface area contributed by atoms with Gasteiger partial charge in [-0.15, -0.1) is 10.2 Å². The van der Waals surface area contributed by atoms with Crippen molar-refractivity contribution < 1.29 is 9.21 Å². The second-order valence-electron chi connectivity index (χ2n) is 8.04. The molecule has 1 saturated heterocycles.